The summed E-state index contributed by atoms with van der Waals surface area (Å²) in [5.41, 5.74) is 3.10. The molecule has 6 heteroatoms. The third-order valence-electron chi connectivity index (χ3n) is 6.36. The number of nitrogens with one attached hydrogen (secondary N) is 1. The van der Waals surface area contributed by atoms with E-state index in [1.54, 1.807) is 12.1 Å². The zero-order valence-corrected chi connectivity index (χ0v) is 19.5. The van der Waals surface area contributed by atoms with Crippen molar-refractivity contribution in [2.24, 2.45) is 5.92 Å². The molecule has 1 atom stereocenters. The summed E-state index contributed by atoms with van der Waals surface area (Å²) in [6.07, 6.45) is 3.01. The number of aryl methyl sites for hydroxylation is 2. The highest BCUT2D eigenvalue weighted by Crippen LogP contribution is 2.28. The first kappa shape index (κ1) is 22.5. The second-order valence-corrected chi connectivity index (χ2v) is 10.3. The van der Waals surface area contributed by atoms with Gasteiger partial charge in [-0.2, -0.15) is 4.31 Å². The zero-order chi connectivity index (χ0) is 22.7. The second kappa shape index (κ2) is 9.43. The minimum absolute atomic E-state index is 0.0981. The van der Waals surface area contributed by atoms with E-state index in [9.17, 15) is 13.2 Å². The molecule has 4 rings (SSSR count). The number of hydrogen-bond donors (Lipinski definition) is 1. The van der Waals surface area contributed by atoms with E-state index < -0.39 is 10.0 Å². The molecule has 1 heterocycles. The fourth-order valence-corrected chi connectivity index (χ4v) is 6.04. The summed E-state index contributed by atoms with van der Waals surface area (Å²) in [5.74, 6) is -0.465. The van der Waals surface area contributed by atoms with Crippen molar-refractivity contribution in [3.05, 3.63) is 71.8 Å². The highest BCUT2D eigenvalue weighted by atomic mass is 32.2. The van der Waals surface area contributed by atoms with Crippen LogP contribution in [0.3, 0.4) is 0 Å². The molecule has 1 saturated heterocycles. The van der Waals surface area contributed by atoms with E-state index in [2.05, 4.69) is 19.2 Å². The van der Waals surface area contributed by atoms with E-state index in [0.717, 1.165) is 40.4 Å². The van der Waals surface area contributed by atoms with Crippen LogP contribution < -0.4 is 5.32 Å². The number of sulfonamides is 1. The van der Waals surface area contributed by atoms with Gasteiger partial charge in [0.2, 0.25) is 15.9 Å². The molecule has 1 N–H and O–H groups in total. The summed E-state index contributed by atoms with van der Waals surface area (Å²) in [6, 6.07) is 19.0. The first-order valence-corrected chi connectivity index (χ1v) is 12.8. The second-order valence-electron chi connectivity index (χ2n) is 8.36. The van der Waals surface area contributed by atoms with E-state index in [1.165, 1.54) is 4.31 Å². The van der Waals surface area contributed by atoms with Crippen molar-refractivity contribution in [1.29, 1.82) is 0 Å². The van der Waals surface area contributed by atoms with E-state index in [1.807, 2.05) is 48.5 Å². The maximum Gasteiger partial charge on any atom is 0.243 e. The minimum atomic E-state index is -3.67. The topological polar surface area (TPSA) is 66.5 Å². The van der Waals surface area contributed by atoms with Gasteiger partial charge in [0.05, 0.1) is 10.8 Å². The van der Waals surface area contributed by atoms with Gasteiger partial charge in [0.1, 0.15) is 0 Å². The molecule has 168 valence electrons. The molecule has 0 aromatic heterocycles. The summed E-state index contributed by atoms with van der Waals surface area (Å²) >= 11 is 0. The third-order valence-corrected chi connectivity index (χ3v) is 8.22. The smallest absolute Gasteiger partial charge is 0.243 e. The summed E-state index contributed by atoms with van der Waals surface area (Å²) in [7, 11) is -3.67. The van der Waals surface area contributed by atoms with Crippen LogP contribution in [0.1, 0.15) is 37.8 Å². The zero-order valence-electron chi connectivity index (χ0n) is 18.7. The van der Waals surface area contributed by atoms with Crippen molar-refractivity contribution in [2.45, 2.75) is 44.4 Å². The Hall–Kier alpha value is -2.70. The Morgan fingerprint density at radius 2 is 1.66 bits per heavy atom. The van der Waals surface area contributed by atoms with Crippen LogP contribution in [-0.4, -0.2) is 31.7 Å². The Labute approximate surface area is 190 Å². The van der Waals surface area contributed by atoms with E-state index in [0.29, 0.717) is 19.4 Å². The van der Waals surface area contributed by atoms with Crippen LogP contribution in [0.15, 0.2) is 65.6 Å². The lowest BCUT2D eigenvalue weighted by Gasteiger charge is -2.31. The van der Waals surface area contributed by atoms with Crippen molar-refractivity contribution >= 4 is 32.4 Å². The molecule has 32 heavy (non-hydrogen) atoms. The SMILES string of the molecule is CCc1cccc(CC)c1NC(=O)[C@H]1CCCN(S(=O)(=O)c2ccc3ccccc3c2)C1. The Bertz CT molecular complexity index is 1210. The molecule has 0 aliphatic carbocycles. The van der Waals surface area contributed by atoms with Crippen molar-refractivity contribution in [1.82, 2.24) is 4.31 Å². The summed E-state index contributed by atoms with van der Waals surface area (Å²) < 4.78 is 28.2. The van der Waals surface area contributed by atoms with Crippen LogP contribution in [0.5, 0.6) is 0 Å². The van der Waals surface area contributed by atoms with Crippen LogP contribution in [-0.2, 0) is 27.7 Å². The molecule has 0 unspecified atom stereocenters. The molecule has 0 spiro atoms. The standard InChI is InChI=1S/C26H30N2O3S/c1-3-19-11-7-12-20(4-2)25(19)27-26(29)23-13-8-16-28(18-23)32(30,31)24-15-14-21-9-5-6-10-22(21)17-24/h5-7,9-12,14-15,17,23H,3-4,8,13,16,18H2,1-2H3,(H,27,29)/t23-/m0/s1. The third kappa shape index (κ3) is 4.43. The Morgan fingerprint density at radius 1 is 0.969 bits per heavy atom. The monoisotopic (exact) mass is 450 g/mol. The molecule has 1 amide bonds. The van der Waals surface area contributed by atoms with Crippen LogP contribution in [0.4, 0.5) is 5.69 Å². The van der Waals surface area contributed by atoms with Crippen LogP contribution in [0, 0.1) is 5.92 Å². The van der Waals surface area contributed by atoms with Gasteiger partial charge < -0.3 is 5.32 Å². The van der Waals surface area contributed by atoms with Gasteiger partial charge in [-0.15, -0.1) is 0 Å². The lowest BCUT2D eigenvalue weighted by Crippen LogP contribution is -2.43. The first-order chi connectivity index (χ1) is 15.4. The van der Waals surface area contributed by atoms with Gasteiger partial charge in [0.15, 0.2) is 0 Å². The quantitative estimate of drug-likeness (QED) is 0.574. The van der Waals surface area contributed by atoms with Gasteiger partial charge in [-0.05, 0) is 59.7 Å². The Morgan fingerprint density at radius 3 is 2.34 bits per heavy atom. The molecule has 1 fully saturated rings. The summed E-state index contributed by atoms with van der Waals surface area (Å²) in [4.78, 5) is 13.4. The number of carbonyl (C=O) groups is 1. The summed E-state index contributed by atoms with van der Waals surface area (Å²) in [6.45, 7) is 4.78. The maximum absolute atomic E-state index is 13.4. The normalized spacial score (nSPS) is 17.4. The van der Waals surface area contributed by atoms with Gasteiger partial charge in [-0.25, -0.2) is 8.42 Å². The Balaban J connectivity index is 1.54. The van der Waals surface area contributed by atoms with Crippen molar-refractivity contribution in [3.8, 4) is 0 Å². The number of hydrogen-bond acceptors (Lipinski definition) is 3. The van der Waals surface area contributed by atoms with Crippen molar-refractivity contribution in [2.75, 3.05) is 18.4 Å². The molecule has 1 aliphatic heterocycles. The number of piperidine rings is 1. The predicted octanol–water partition coefficient (Wildman–Crippen LogP) is 5.00. The Kier molecular flexibility index (Phi) is 6.63. The molecular weight excluding hydrogens is 420 g/mol. The maximum atomic E-state index is 13.4. The van der Waals surface area contributed by atoms with E-state index in [-0.39, 0.29) is 23.3 Å². The number of benzene rings is 3. The molecule has 3 aromatic carbocycles. The van der Waals surface area contributed by atoms with Crippen LogP contribution >= 0.6 is 0 Å². The molecular formula is C26H30N2O3S. The van der Waals surface area contributed by atoms with Crippen LogP contribution in [0.2, 0.25) is 0 Å². The van der Waals surface area contributed by atoms with Gasteiger partial charge in [0, 0.05) is 18.8 Å². The minimum Gasteiger partial charge on any atom is -0.325 e. The molecule has 0 bridgehead atoms. The van der Waals surface area contributed by atoms with E-state index >= 15 is 0 Å². The number of para-hydroxylation sites is 1. The highest BCUT2D eigenvalue weighted by molar-refractivity contribution is 7.89. The average Bonchev–Trinajstić information content (AvgIpc) is 2.83. The van der Waals surface area contributed by atoms with Crippen molar-refractivity contribution < 1.29 is 13.2 Å². The number of fused-ring (bicyclic) bond motifs is 1. The largest absolute Gasteiger partial charge is 0.325 e. The fourth-order valence-electron chi connectivity index (χ4n) is 4.48. The number of nitrogens with zero attached hydrogens (tertiary/aromatic N) is 1. The lowest BCUT2D eigenvalue weighted by atomic mass is 9.97. The molecule has 0 radical (unpaired) electrons. The first-order valence-electron chi connectivity index (χ1n) is 11.3. The number of anilines is 1. The highest BCUT2D eigenvalue weighted by Gasteiger charge is 2.33. The van der Waals surface area contributed by atoms with Crippen LogP contribution in [0.25, 0.3) is 10.8 Å². The molecule has 3 aromatic rings. The van der Waals surface area contributed by atoms with Gasteiger partial charge >= 0.3 is 0 Å². The lowest BCUT2D eigenvalue weighted by molar-refractivity contribution is -0.120. The molecule has 5 nitrogen and oxygen atoms in total. The molecule has 0 saturated carbocycles. The van der Waals surface area contributed by atoms with Crippen molar-refractivity contribution in [3.63, 3.8) is 0 Å². The van der Waals surface area contributed by atoms with Gasteiger partial charge in [-0.1, -0.05) is 62.4 Å². The number of amides is 1. The van der Waals surface area contributed by atoms with Gasteiger partial charge in [0.25, 0.3) is 0 Å². The number of carbonyl (C=O) groups excluding carboxylic acids is 1. The molecule has 1 aliphatic rings. The fraction of sp³-hybridized carbons (Fsp3) is 0.346. The van der Waals surface area contributed by atoms with Gasteiger partial charge in [-0.3, -0.25) is 4.79 Å². The van der Waals surface area contributed by atoms with E-state index in [4.69, 9.17) is 0 Å². The predicted molar refractivity (Wildman–Crippen MR) is 129 cm³/mol. The summed E-state index contributed by atoms with van der Waals surface area (Å²) in [5, 5.41) is 5.02. The number of rotatable bonds is 6. The average molecular weight is 451 g/mol.